The Morgan fingerprint density at radius 1 is 1.43 bits per heavy atom. The van der Waals surface area contributed by atoms with Gasteiger partial charge >= 0.3 is 79.5 Å². The third-order valence-corrected chi connectivity index (χ3v) is 2.58. The van der Waals surface area contributed by atoms with Gasteiger partial charge in [0.1, 0.15) is 0 Å². The Hall–Kier alpha value is -1.39. The molecule has 5 heteroatoms. The predicted octanol–water partition coefficient (Wildman–Crippen LogP) is 1.13. The molecule has 0 bridgehead atoms. The minimum absolute atomic E-state index is 0.274. The second-order valence-electron chi connectivity index (χ2n) is 3.39. The number of halogens is 2. The quantitative estimate of drug-likeness (QED) is 0.441. The Morgan fingerprint density at radius 3 is 3.14 bits per heavy atom. The second kappa shape index (κ2) is 2.35. The molecule has 0 amide bonds. The molecule has 2 aliphatic heterocycles. The number of aromatic nitrogens is 1. The molecule has 0 spiro atoms. The molecule has 0 fully saturated rings. The van der Waals surface area contributed by atoms with Crippen molar-refractivity contribution >= 4 is 19.0 Å². The van der Waals surface area contributed by atoms with E-state index in [1.165, 1.54) is 6.20 Å². The molecule has 0 aromatic carbocycles. The number of hydrogen-bond acceptors (Lipinski definition) is 1. The van der Waals surface area contributed by atoms with Crippen molar-refractivity contribution in [2.45, 2.75) is 6.17 Å². The van der Waals surface area contributed by atoms with E-state index in [1.54, 1.807) is 31.1 Å². The van der Waals surface area contributed by atoms with Gasteiger partial charge in [0, 0.05) is 0 Å². The van der Waals surface area contributed by atoms with Crippen LogP contribution in [0.1, 0.15) is 5.69 Å². The molecule has 0 atom stereocenters. The fraction of sp³-hybridized carbons (Fsp3) is 0.222. The van der Waals surface area contributed by atoms with Gasteiger partial charge in [-0.3, -0.25) is 0 Å². The van der Waals surface area contributed by atoms with Crippen LogP contribution in [-0.2, 0) is 6.17 Å². The molecule has 2 aliphatic rings. The van der Waals surface area contributed by atoms with Crippen molar-refractivity contribution in [3.8, 4) is 0 Å². The molecule has 3 heterocycles. The normalized spacial score (nSPS) is 21.3. The molecule has 1 aromatic rings. The van der Waals surface area contributed by atoms with Crippen LogP contribution in [0, 0.1) is 0 Å². The van der Waals surface area contributed by atoms with Crippen LogP contribution in [0.25, 0.3) is 6.08 Å². The van der Waals surface area contributed by atoms with E-state index in [0.717, 1.165) is 9.47 Å². The molecular formula is C9H7BF2N2. The fourth-order valence-corrected chi connectivity index (χ4v) is 1.90. The summed E-state index contributed by atoms with van der Waals surface area (Å²) in [5.74, 6) is 1.74. The first-order valence-electron chi connectivity index (χ1n) is 4.41. The van der Waals surface area contributed by atoms with E-state index in [9.17, 15) is 8.78 Å². The molecule has 0 unspecified atom stereocenters. The number of hydrogen-bond donors (Lipinski definition) is 0. The van der Waals surface area contributed by atoms with Crippen molar-refractivity contribution in [3.05, 3.63) is 29.6 Å². The molecule has 14 heavy (non-hydrogen) atoms. The monoisotopic (exact) mass is 192 g/mol. The predicted molar refractivity (Wildman–Crippen MR) is 51.1 cm³/mol. The van der Waals surface area contributed by atoms with Gasteiger partial charge in [-0.25, -0.2) is 0 Å². The van der Waals surface area contributed by atoms with Gasteiger partial charge in [0.2, 0.25) is 0 Å². The summed E-state index contributed by atoms with van der Waals surface area (Å²) < 4.78 is 28.6. The van der Waals surface area contributed by atoms with Crippen molar-refractivity contribution < 1.29 is 8.78 Å². The average molecular weight is 192 g/mol. The summed E-state index contributed by atoms with van der Waals surface area (Å²) in [5, 5.41) is 0. The van der Waals surface area contributed by atoms with E-state index in [1.807, 2.05) is 0 Å². The second-order valence-corrected chi connectivity index (χ2v) is 3.39. The van der Waals surface area contributed by atoms with Crippen molar-refractivity contribution in [2.75, 3.05) is 6.54 Å². The number of rotatable bonds is 0. The standard InChI is InChI=1S/C9H7BF2N2/c11-9(12)13-4-1-2-7(13)6-8-10-3-5-14(8)9/h1-4,6H,5H2. The fourth-order valence-electron chi connectivity index (χ4n) is 1.90. The van der Waals surface area contributed by atoms with Crippen LogP contribution in [0.2, 0.25) is 0 Å². The van der Waals surface area contributed by atoms with E-state index in [0.29, 0.717) is 11.3 Å². The molecule has 0 saturated heterocycles. The van der Waals surface area contributed by atoms with Crippen LogP contribution in [0.5, 0.6) is 0 Å². The SMILES string of the molecule is FC1(F)N2CC=BC2=Cc2cccn21. The van der Waals surface area contributed by atoms with Crippen LogP contribution < -0.4 is 0 Å². The number of alkyl halides is 2. The Bertz CT molecular complexity index is 447. The van der Waals surface area contributed by atoms with E-state index in [2.05, 4.69) is 0 Å². The minimum atomic E-state index is -2.94. The summed E-state index contributed by atoms with van der Waals surface area (Å²) >= 11 is 0. The first-order chi connectivity index (χ1) is 6.69. The van der Waals surface area contributed by atoms with Gasteiger partial charge in [0.05, 0.1) is 0 Å². The van der Waals surface area contributed by atoms with Gasteiger partial charge in [0.15, 0.2) is 0 Å². The third-order valence-electron chi connectivity index (χ3n) is 2.58. The first-order valence-corrected chi connectivity index (χ1v) is 4.41. The summed E-state index contributed by atoms with van der Waals surface area (Å²) in [6, 6.07) is 3.32. The van der Waals surface area contributed by atoms with Crippen LogP contribution in [-0.4, -0.2) is 28.9 Å². The molecule has 3 rings (SSSR count). The van der Waals surface area contributed by atoms with Crippen molar-refractivity contribution in [1.82, 2.24) is 9.47 Å². The zero-order chi connectivity index (χ0) is 9.76. The van der Waals surface area contributed by atoms with Gasteiger partial charge in [-0.15, -0.1) is 0 Å². The topological polar surface area (TPSA) is 8.17 Å². The van der Waals surface area contributed by atoms with Crippen LogP contribution >= 0.6 is 0 Å². The summed E-state index contributed by atoms with van der Waals surface area (Å²) in [4.78, 5) is 1.08. The molecule has 0 radical (unpaired) electrons. The number of fused-ring (bicyclic) bond motifs is 2. The van der Waals surface area contributed by atoms with Crippen molar-refractivity contribution in [1.29, 1.82) is 0 Å². The Labute approximate surface area is 80.3 Å². The molecule has 0 saturated carbocycles. The molecule has 0 aliphatic carbocycles. The maximum absolute atomic E-state index is 13.8. The average Bonchev–Trinajstić information content (AvgIpc) is 2.71. The van der Waals surface area contributed by atoms with E-state index >= 15 is 0 Å². The van der Waals surface area contributed by atoms with Gasteiger partial charge in [-0.1, -0.05) is 0 Å². The van der Waals surface area contributed by atoms with Crippen LogP contribution in [0.3, 0.4) is 0 Å². The molecule has 1 aromatic heterocycles. The Kier molecular flexibility index (Phi) is 1.34. The Morgan fingerprint density at radius 2 is 2.29 bits per heavy atom. The van der Waals surface area contributed by atoms with E-state index < -0.39 is 6.17 Å². The summed E-state index contributed by atoms with van der Waals surface area (Å²) in [5.41, 5.74) is 1.13. The van der Waals surface area contributed by atoms with Crippen LogP contribution in [0.4, 0.5) is 8.78 Å². The van der Waals surface area contributed by atoms with Crippen LogP contribution in [0.15, 0.2) is 23.9 Å². The van der Waals surface area contributed by atoms with Crippen molar-refractivity contribution in [3.63, 3.8) is 0 Å². The Balaban J connectivity index is 2.24. The van der Waals surface area contributed by atoms with Crippen molar-refractivity contribution in [2.24, 2.45) is 0 Å². The van der Waals surface area contributed by atoms with Gasteiger partial charge in [-0.05, 0) is 0 Å². The third kappa shape index (κ3) is 0.819. The summed E-state index contributed by atoms with van der Waals surface area (Å²) in [6.07, 6.45) is 0.230. The van der Waals surface area contributed by atoms with Gasteiger partial charge in [0.25, 0.3) is 0 Å². The summed E-state index contributed by atoms with van der Waals surface area (Å²) in [6.45, 7) is 2.00. The number of nitrogens with zero attached hydrogens (tertiary/aromatic N) is 2. The molecular weight excluding hydrogens is 185 g/mol. The van der Waals surface area contributed by atoms with E-state index in [4.69, 9.17) is 0 Å². The molecule has 0 N–H and O–H groups in total. The van der Waals surface area contributed by atoms with E-state index in [-0.39, 0.29) is 6.54 Å². The first kappa shape index (κ1) is 7.97. The molecule has 70 valence electrons. The summed E-state index contributed by atoms with van der Waals surface area (Å²) in [7, 11) is 0. The maximum atomic E-state index is 13.8. The zero-order valence-corrected chi connectivity index (χ0v) is 7.32. The van der Waals surface area contributed by atoms with Gasteiger partial charge in [-0.2, -0.15) is 0 Å². The zero-order valence-electron chi connectivity index (χ0n) is 7.32. The molecule has 2 nitrogen and oxygen atoms in total. The van der Waals surface area contributed by atoms with Gasteiger partial charge < -0.3 is 0 Å².